The molecule has 0 radical (unpaired) electrons. The fourth-order valence-corrected chi connectivity index (χ4v) is 3.66. The number of rotatable bonds is 5. The molecule has 0 aromatic heterocycles. The minimum atomic E-state index is -0.318. The van der Waals surface area contributed by atoms with Gasteiger partial charge in [0, 0.05) is 40.9 Å². The molecule has 2 aliphatic rings. The Bertz CT molecular complexity index is 737. The molecule has 1 aliphatic heterocycles. The van der Waals surface area contributed by atoms with Crippen LogP contribution in [-0.4, -0.2) is 18.4 Å². The number of ether oxygens (including phenoxy) is 1. The predicted molar refractivity (Wildman–Crippen MR) is 101 cm³/mol. The van der Waals surface area contributed by atoms with Gasteiger partial charge in [0.25, 0.3) is 0 Å². The van der Waals surface area contributed by atoms with Gasteiger partial charge in [0.1, 0.15) is 11.6 Å². The molecule has 1 heterocycles. The van der Waals surface area contributed by atoms with E-state index in [2.05, 4.69) is 13.5 Å². The van der Waals surface area contributed by atoms with Crippen molar-refractivity contribution < 1.29 is 9.13 Å². The monoisotopic (exact) mass is 343 g/mol. The third-order valence-corrected chi connectivity index (χ3v) is 5.19. The second-order valence-corrected chi connectivity index (χ2v) is 6.99. The van der Waals surface area contributed by atoms with E-state index >= 15 is 4.39 Å². The molecule has 25 heavy (non-hydrogen) atoms. The molecule has 1 aromatic carbocycles. The van der Waals surface area contributed by atoms with E-state index in [9.17, 15) is 0 Å². The molecule has 1 aromatic rings. The first-order valence-corrected chi connectivity index (χ1v) is 8.87. The zero-order chi connectivity index (χ0) is 18.1. The standard InChI is InChI=1S/C20H26FN3O/c1-12(2)24-13(3)7-8-16-19(24)18(21)9-17(14(10-22)11-23)20(16)25-15-5-4-6-15/h9-11,13,15,22H,1,4-8,23H2,2-3H3/b14-11+,22-10?. The molecule has 1 saturated carbocycles. The van der Waals surface area contributed by atoms with Crippen molar-refractivity contribution >= 4 is 17.5 Å². The lowest BCUT2D eigenvalue weighted by Gasteiger charge is -2.39. The van der Waals surface area contributed by atoms with Crippen LogP contribution in [0.3, 0.4) is 0 Å². The highest BCUT2D eigenvalue weighted by atomic mass is 19.1. The molecule has 5 heteroatoms. The quantitative estimate of drug-likeness (QED) is 0.780. The van der Waals surface area contributed by atoms with Crippen LogP contribution < -0.4 is 15.4 Å². The van der Waals surface area contributed by atoms with Gasteiger partial charge in [-0.1, -0.05) is 6.58 Å². The van der Waals surface area contributed by atoms with Gasteiger partial charge in [-0.2, -0.15) is 0 Å². The molecular formula is C20H26FN3O. The molecule has 1 atom stereocenters. The Labute approximate surface area is 148 Å². The van der Waals surface area contributed by atoms with Gasteiger partial charge in [-0.05, 0) is 52.0 Å². The second-order valence-electron chi connectivity index (χ2n) is 6.99. The van der Waals surface area contributed by atoms with Crippen LogP contribution in [0.4, 0.5) is 10.1 Å². The molecule has 1 unspecified atom stereocenters. The highest BCUT2D eigenvalue weighted by Gasteiger charge is 2.33. The van der Waals surface area contributed by atoms with Crippen LogP contribution in [0.5, 0.6) is 5.75 Å². The van der Waals surface area contributed by atoms with Crippen LogP contribution in [0, 0.1) is 11.2 Å². The number of nitrogens with zero attached hydrogens (tertiary/aromatic N) is 1. The summed E-state index contributed by atoms with van der Waals surface area (Å²) < 4.78 is 21.3. The van der Waals surface area contributed by atoms with Gasteiger partial charge >= 0.3 is 0 Å². The van der Waals surface area contributed by atoms with Crippen molar-refractivity contribution in [3.05, 3.63) is 41.5 Å². The van der Waals surface area contributed by atoms with Crippen molar-refractivity contribution in [2.45, 2.75) is 58.1 Å². The average molecular weight is 343 g/mol. The van der Waals surface area contributed by atoms with Crippen molar-refractivity contribution in [2.24, 2.45) is 5.73 Å². The zero-order valence-corrected chi connectivity index (χ0v) is 14.9. The number of allylic oxidation sites excluding steroid dienone is 2. The van der Waals surface area contributed by atoms with E-state index < -0.39 is 0 Å². The van der Waals surface area contributed by atoms with Crippen molar-refractivity contribution in [3.63, 3.8) is 0 Å². The van der Waals surface area contributed by atoms with Crippen molar-refractivity contribution in [1.82, 2.24) is 0 Å². The Hall–Kier alpha value is -2.30. The molecule has 1 aliphatic carbocycles. The van der Waals surface area contributed by atoms with E-state index in [1.807, 2.05) is 11.8 Å². The first-order chi connectivity index (χ1) is 12.0. The predicted octanol–water partition coefficient (Wildman–Crippen LogP) is 4.38. The third-order valence-electron chi connectivity index (χ3n) is 5.19. The minimum absolute atomic E-state index is 0.163. The number of nitrogens with one attached hydrogen (secondary N) is 1. The zero-order valence-electron chi connectivity index (χ0n) is 14.9. The Morgan fingerprint density at radius 1 is 1.44 bits per heavy atom. The summed E-state index contributed by atoms with van der Waals surface area (Å²) in [6.07, 6.45) is 7.47. The SMILES string of the molecule is C=C(C)N1c2c(F)cc(/C(C=N)=C/N)c(OC3CCC3)c2CCC1C. The summed E-state index contributed by atoms with van der Waals surface area (Å²) in [6, 6.07) is 1.64. The van der Waals surface area contributed by atoms with E-state index in [1.165, 1.54) is 12.3 Å². The van der Waals surface area contributed by atoms with Crippen molar-refractivity contribution in [3.8, 4) is 5.75 Å². The maximum atomic E-state index is 15.1. The summed E-state index contributed by atoms with van der Waals surface area (Å²) in [6.45, 7) is 8.01. The van der Waals surface area contributed by atoms with E-state index in [0.717, 1.165) is 49.6 Å². The molecule has 0 saturated heterocycles. The Balaban J connectivity index is 2.21. The number of nitrogens with two attached hydrogens (primary N) is 1. The highest BCUT2D eigenvalue weighted by molar-refractivity contribution is 6.09. The first-order valence-electron chi connectivity index (χ1n) is 8.87. The number of hydrogen-bond acceptors (Lipinski definition) is 4. The summed E-state index contributed by atoms with van der Waals surface area (Å²) in [5, 5.41) is 7.61. The second kappa shape index (κ2) is 6.90. The maximum absolute atomic E-state index is 15.1. The molecule has 4 nitrogen and oxygen atoms in total. The Morgan fingerprint density at radius 3 is 2.68 bits per heavy atom. The van der Waals surface area contributed by atoms with Gasteiger partial charge in [0.2, 0.25) is 0 Å². The number of fused-ring (bicyclic) bond motifs is 1. The maximum Gasteiger partial charge on any atom is 0.148 e. The lowest BCUT2D eigenvalue weighted by molar-refractivity contribution is 0.118. The van der Waals surface area contributed by atoms with Crippen LogP contribution in [0.2, 0.25) is 0 Å². The Kier molecular flexibility index (Phi) is 4.84. The molecule has 3 rings (SSSR count). The fourth-order valence-electron chi connectivity index (χ4n) is 3.66. The fraction of sp³-hybridized carbons (Fsp3) is 0.450. The van der Waals surface area contributed by atoms with Gasteiger partial charge in [-0.15, -0.1) is 0 Å². The number of benzene rings is 1. The summed E-state index contributed by atoms with van der Waals surface area (Å²) in [5.74, 6) is 0.362. The number of hydrogen-bond donors (Lipinski definition) is 2. The number of halogens is 1. The van der Waals surface area contributed by atoms with Gasteiger partial charge in [0.15, 0.2) is 0 Å². The normalized spacial score (nSPS) is 20.7. The topological polar surface area (TPSA) is 62.3 Å². The van der Waals surface area contributed by atoms with E-state index in [0.29, 0.717) is 22.6 Å². The van der Waals surface area contributed by atoms with E-state index in [1.54, 1.807) is 0 Å². The van der Waals surface area contributed by atoms with E-state index in [4.69, 9.17) is 15.9 Å². The summed E-state index contributed by atoms with van der Waals surface area (Å²) >= 11 is 0. The van der Waals surface area contributed by atoms with Crippen molar-refractivity contribution in [1.29, 1.82) is 5.41 Å². The van der Waals surface area contributed by atoms with Crippen LogP contribution in [0.1, 0.15) is 50.7 Å². The molecule has 3 N–H and O–H groups in total. The average Bonchev–Trinajstić information content (AvgIpc) is 2.53. The van der Waals surface area contributed by atoms with Crippen LogP contribution in [0.15, 0.2) is 24.5 Å². The van der Waals surface area contributed by atoms with Gasteiger partial charge in [-0.25, -0.2) is 4.39 Å². The molecule has 1 fully saturated rings. The number of anilines is 1. The van der Waals surface area contributed by atoms with Gasteiger partial charge in [-0.3, -0.25) is 0 Å². The third kappa shape index (κ3) is 3.03. The largest absolute Gasteiger partial charge is 0.489 e. The lowest BCUT2D eigenvalue weighted by Crippen LogP contribution is -2.37. The van der Waals surface area contributed by atoms with Crippen LogP contribution >= 0.6 is 0 Å². The summed E-state index contributed by atoms with van der Waals surface area (Å²) in [4.78, 5) is 1.96. The summed E-state index contributed by atoms with van der Waals surface area (Å²) in [5.41, 5.74) is 8.95. The minimum Gasteiger partial charge on any atom is -0.489 e. The molecule has 0 spiro atoms. The molecule has 0 amide bonds. The highest BCUT2D eigenvalue weighted by Crippen LogP contribution is 2.45. The van der Waals surface area contributed by atoms with E-state index in [-0.39, 0.29) is 18.0 Å². The molecular weight excluding hydrogens is 317 g/mol. The van der Waals surface area contributed by atoms with Gasteiger partial charge < -0.3 is 20.8 Å². The van der Waals surface area contributed by atoms with Crippen molar-refractivity contribution in [2.75, 3.05) is 4.90 Å². The van der Waals surface area contributed by atoms with Gasteiger partial charge in [0.05, 0.1) is 11.8 Å². The summed E-state index contributed by atoms with van der Waals surface area (Å²) in [7, 11) is 0. The lowest BCUT2D eigenvalue weighted by atomic mass is 9.90. The van der Waals surface area contributed by atoms with Crippen LogP contribution in [-0.2, 0) is 6.42 Å². The Morgan fingerprint density at radius 2 is 2.16 bits per heavy atom. The molecule has 134 valence electrons. The smallest absolute Gasteiger partial charge is 0.148 e. The molecule has 0 bridgehead atoms. The first kappa shape index (κ1) is 17.5. The van der Waals surface area contributed by atoms with Crippen LogP contribution in [0.25, 0.3) is 5.57 Å².